The Hall–Kier alpha value is -3.74. The molecule has 3 aromatic rings. The molecule has 1 unspecified atom stereocenters. The monoisotopic (exact) mass is 392 g/mol. The highest BCUT2D eigenvalue weighted by Crippen LogP contribution is 2.27. The van der Waals surface area contributed by atoms with Gasteiger partial charge in [0.2, 0.25) is 5.91 Å². The third-order valence-electron chi connectivity index (χ3n) is 4.77. The number of imide groups is 1. The Morgan fingerprint density at radius 1 is 1.03 bits per heavy atom. The summed E-state index contributed by atoms with van der Waals surface area (Å²) >= 11 is 0. The van der Waals surface area contributed by atoms with Gasteiger partial charge in [0.15, 0.2) is 5.76 Å². The molecule has 0 bridgehead atoms. The molecule has 0 N–H and O–H groups in total. The zero-order valence-electron chi connectivity index (χ0n) is 15.3. The standard InChI is InChI=1S/C22H17FN2O4/c23-16-10-8-15(9-11-16)14-24(22(28)19-7-4-12-29-19)18-13-20(26)25(21(18)27)17-5-2-1-3-6-17/h1-12,18H,13-14H2. The van der Waals surface area contributed by atoms with Crippen LogP contribution in [0.1, 0.15) is 22.5 Å². The van der Waals surface area contributed by atoms with E-state index < -0.39 is 23.7 Å². The van der Waals surface area contributed by atoms with Crippen molar-refractivity contribution in [2.45, 2.75) is 19.0 Å². The van der Waals surface area contributed by atoms with Crippen LogP contribution in [0.25, 0.3) is 0 Å². The van der Waals surface area contributed by atoms with Crippen LogP contribution in [-0.4, -0.2) is 28.7 Å². The average Bonchev–Trinajstić information content (AvgIpc) is 3.36. The Morgan fingerprint density at radius 3 is 2.41 bits per heavy atom. The normalized spacial score (nSPS) is 16.3. The number of hydrogen-bond acceptors (Lipinski definition) is 4. The summed E-state index contributed by atoms with van der Waals surface area (Å²) in [5, 5.41) is 0. The molecule has 146 valence electrons. The molecule has 2 aromatic carbocycles. The smallest absolute Gasteiger partial charge is 0.290 e. The Labute approximate surface area is 166 Å². The maximum atomic E-state index is 13.3. The van der Waals surface area contributed by atoms with Crippen molar-refractivity contribution < 1.29 is 23.2 Å². The highest BCUT2D eigenvalue weighted by atomic mass is 19.1. The van der Waals surface area contributed by atoms with Gasteiger partial charge in [0.05, 0.1) is 18.4 Å². The summed E-state index contributed by atoms with van der Waals surface area (Å²) in [5.74, 6) is -1.73. The quantitative estimate of drug-likeness (QED) is 0.624. The SMILES string of the molecule is O=C1CC(N(Cc2ccc(F)cc2)C(=O)c2ccco2)C(=O)N1c1ccccc1. The number of carbonyl (C=O) groups excluding carboxylic acids is 3. The first-order valence-corrected chi connectivity index (χ1v) is 9.05. The first-order valence-electron chi connectivity index (χ1n) is 9.05. The summed E-state index contributed by atoms with van der Waals surface area (Å²) < 4.78 is 18.5. The molecular weight excluding hydrogens is 375 g/mol. The summed E-state index contributed by atoms with van der Waals surface area (Å²) in [6.07, 6.45) is 1.22. The third-order valence-corrected chi connectivity index (χ3v) is 4.77. The van der Waals surface area contributed by atoms with Gasteiger partial charge in [-0.2, -0.15) is 0 Å². The van der Waals surface area contributed by atoms with Gasteiger partial charge in [-0.1, -0.05) is 30.3 Å². The van der Waals surface area contributed by atoms with Crippen molar-refractivity contribution in [3.05, 3.63) is 90.1 Å². The molecule has 29 heavy (non-hydrogen) atoms. The van der Waals surface area contributed by atoms with E-state index in [-0.39, 0.29) is 24.6 Å². The molecular formula is C22H17FN2O4. The van der Waals surface area contributed by atoms with Crippen molar-refractivity contribution in [1.82, 2.24) is 4.90 Å². The molecule has 1 fully saturated rings. The van der Waals surface area contributed by atoms with Crippen LogP contribution in [0.5, 0.6) is 0 Å². The molecule has 1 saturated heterocycles. The van der Waals surface area contributed by atoms with E-state index in [0.29, 0.717) is 11.3 Å². The van der Waals surface area contributed by atoms with Gasteiger partial charge in [-0.15, -0.1) is 0 Å². The van der Waals surface area contributed by atoms with E-state index in [4.69, 9.17) is 4.42 Å². The van der Waals surface area contributed by atoms with Crippen molar-refractivity contribution in [3.8, 4) is 0 Å². The van der Waals surface area contributed by atoms with Gasteiger partial charge in [-0.3, -0.25) is 14.4 Å². The predicted molar refractivity (Wildman–Crippen MR) is 102 cm³/mol. The van der Waals surface area contributed by atoms with Crippen LogP contribution in [0.4, 0.5) is 10.1 Å². The molecule has 1 aliphatic heterocycles. The number of nitrogens with zero attached hydrogens (tertiary/aromatic N) is 2. The molecule has 0 aliphatic carbocycles. The van der Waals surface area contributed by atoms with Gasteiger partial charge in [0.25, 0.3) is 11.8 Å². The average molecular weight is 392 g/mol. The molecule has 3 amide bonds. The third kappa shape index (κ3) is 3.67. The highest BCUT2D eigenvalue weighted by Gasteiger charge is 2.44. The number of halogens is 1. The number of benzene rings is 2. The fourth-order valence-corrected chi connectivity index (χ4v) is 3.36. The molecule has 0 spiro atoms. The van der Waals surface area contributed by atoms with E-state index in [9.17, 15) is 18.8 Å². The van der Waals surface area contributed by atoms with E-state index in [1.54, 1.807) is 36.4 Å². The van der Waals surface area contributed by atoms with Gasteiger partial charge < -0.3 is 9.32 Å². The first kappa shape index (κ1) is 18.6. The fourth-order valence-electron chi connectivity index (χ4n) is 3.36. The maximum absolute atomic E-state index is 13.3. The number of amides is 3. The second-order valence-electron chi connectivity index (χ2n) is 6.66. The number of rotatable bonds is 5. The lowest BCUT2D eigenvalue weighted by Crippen LogP contribution is -2.45. The van der Waals surface area contributed by atoms with Crippen molar-refractivity contribution in [1.29, 1.82) is 0 Å². The molecule has 6 nitrogen and oxygen atoms in total. The molecule has 1 aliphatic rings. The van der Waals surface area contributed by atoms with E-state index >= 15 is 0 Å². The van der Waals surface area contributed by atoms with Gasteiger partial charge in [0.1, 0.15) is 11.9 Å². The fraction of sp³-hybridized carbons (Fsp3) is 0.136. The van der Waals surface area contributed by atoms with Crippen LogP contribution in [0.15, 0.2) is 77.4 Å². The lowest BCUT2D eigenvalue weighted by atomic mass is 10.1. The molecule has 4 rings (SSSR count). The minimum Gasteiger partial charge on any atom is -0.459 e. The predicted octanol–water partition coefficient (Wildman–Crippen LogP) is 3.39. The summed E-state index contributed by atoms with van der Waals surface area (Å²) in [5.41, 5.74) is 1.09. The Morgan fingerprint density at radius 2 is 1.76 bits per heavy atom. The van der Waals surface area contributed by atoms with Crippen LogP contribution in [-0.2, 0) is 16.1 Å². The zero-order chi connectivity index (χ0) is 20.4. The zero-order valence-corrected chi connectivity index (χ0v) is 15.3. The number of carbonyl (C=O) groups is 3. The minimum absolute atomic E-state index is 0.0339. The van der Waals surface area contributed by atoms with Gasteiger partial charge in [-0.05, 0) is 42.0 Å². The second-order valence-corrected chi connectivity index (χ2v) is 6.66. The lowest BCUT2D eigenvalue weighted by Gasteiger charge is -2.27. The van der Waals surface area contributed by atoms with E-state index in [2.05, 4.69) is 0 Å². The van der Waals surface area contributed by atoms with E-state index in [0.717, 1.165) is 4.90 Å². The summed E-state index contributed by atoms with van der Waals surface area (Å²) in [4.78, 5) is 41.1. The molecule has 2 heterocycles. The first-order chi connectivity index (χ1) is 14.0. The summed E-state index contributed by atoms with van der Waals surface area (Å²) in [6.45, 7) is 0.0339. The van der Waals surface area contributed by atoms with Crippen molar-refractivity contribution in [2.24, 2.45) is 0 Å². The Balaban J connectivity index is 1.67. The van der Waals surface area contributed by atoms with Gasteiger partial charge in [-0.25, -0.2) is 9.29 Å². The van der Waals surface area contributed by atoms with Crippen LogP contribution in [0.3, 0.4) is 0 Å². The van der Waals surface area contributed by atoms with Crippen LogP contribution >= 0.6 is 0 Å². The molecule has 0 radical (unpaired) electrons. The number of hydrogen-bond donors (Lipinski definition) is 0. The Bertz CT molecular complexity index is 1030. The number of furan rings is 1. The molecule has 7 heteroatoms. The van der Waals surface area contributed by atoms with Crippen LogP contribution in [0.2, 0.25) is 0 Å². The minimum atomic E-state index is -0.981. The topological polar surface area (TPSA) is 70.8 Å². The highest BCUT2D eigenvalue weighted by molar-refractivity contribution is 6.23. The molecule has 1 atom stereocenters. The largest absolute Gasteiger partial charge is 0.459 e. The molecule has 1 aromatic heterocycles. The summed E-state index contributed by atoms with van der Waals surface area (Å²) in [6, 6.07) is 16.3. The van der Waals surface area contributed by atoms with E-state index in [1.165, 1.54) is 41.5 Å². The Kier molecular flexibility index (Phi) is 4.95. The lowest BCUT2D eigenvalue weighted by molar-refractivity contribution is -0.122. The van der Waals surface area contributed by atoms with Crippen molar-refractivity contribution >= 4 is 23.4 Å². The van der Waals surface area contributed by atoms with E-state index in [1.807, 2.05) is 0 Å². The van der Waals surface area contributed by atoms with Crippen LogP contribution < -0.4 is 4.90 Å². The number of para-hydroxylation sites is 1. The molecule has 0 saturated carbocycles. The van der Waals surface area contributed by atoms with Gasteiger partial charge >= 0.3 is 0 Å². The van der Waals surface area contributed by atoms with Crippen LogP contribution in [0, 0.1) is 5.82 Å². The van der Waals surface area contributed by atoms with Crippen molar-refractivity contribution in [3.63, 3.8) is 0 Å². The maximum Gasteiger partial charge on any atom is 0.290 e. The summed E-state index contributed by atoms with van der Waals surface area (Å²) in [7, 11) is 0. The van der Waals surface area contributed by atoms with Crippen molar-refractivity contribution in [2.75, 3.05) is 4.90 Å². The number of anilines is 1. The van der Waals surface area contributed by atoms with Gasteiger partial charge in [0, 0.05) is 6.54 Å². The second kappa shape index (κ2) is 7.71.